The van der Waals surface area contributed by atoms with E-state index in [-0.39, 0.29) is 43.2 Å². The number of hydrogen-bond acceptors (Lipinski definition) is 8. The van der Waals surface area contributed by atoms with Crippen LogP contribution in [-0.4, -0.2) is 81.0 Å². The molecule has 1 aliphatic rings. The van der Waals surface area contributed by atoms with Gasteiger partial charge in [-0.15, -0.1) is 0 Å². The highest BCUT2D eigenvalue weighted by atomic mass is 16.4. The van der Waals surface area contributed by atoms with Gasteiger partial charge in [0.05, 0.1) is 5.92 Å². The van der Waals surface area contributed by atoms with Crippen LogP contribution in [0.5, 0.6) is 0 Å². The molecule has 0 aromatic rings. The number of azide groups is 1. The fourth-order valence-corrected chi connectivity index (χ4v) is 3.62. The van der Waals surface area contributed by atoms with Crippen molar-refractivity contribution in [2.24, 2.45) is 17.0 Å². The van der Waals surface area contributed by atoms with E-state index in [0.717, 1.165) is 0 Å². The number of amides is 5. The number of carbonyl (C=O) groups excluding carboxylic acids is 4. The van der Waals surface area contributed by atoms with Crippen LogP contribution in [0, 0.1) is 11.8 Å². The number of unbranched alkanes of at least 4 members (excludes halogenated alkanes) is 2. The summed E-state index contributed by atoms with van der Waals surface area (Å²) in [6.07, 6.45) is 0.257. The van der Waals surface area contributed by atoms with Gasteiger partial charge in [-0.1, -0.05) is 5.11 Å². The molecule has 1 saturated heterocycles. The van der Waals surface area contributed by atoms with E-state index < -0.39 is 66.5 Å². The quantitative estimate of drug-likeness (QED) is 0.0591. The minimum atomic E-state index is -1.97. The summed E-state index contributed by atoms with van der Waals surface area (Å²) in [4.78, 5) is 86.3. The lowest BCUT2D eigenvalue weighted by atomic mass is 9.85. The number of barbiturate groups is 1. The lowest BCUT2D eigenvalue weighted by Crippen LogP contribution is -2.64. The zero-order valence-corrected chi connectivity index (χ0v) is 19.3. The third-order valence-corrected chi connectivity index (χ3v) is 5.42. The molecule has 1 heterocycles. The van der Waals surface area contributed by atoms with Gasteiger partial charge in [-0.3, -0.25) is 29.3 Å². The van der Waals surface area contributed by atoms with Gasteiger partial charge in [-0.2, -0.15) is 0 Å². The Balaban J connectivity index is 2.74. The highest BCUT2D eigenvalue weighted by Crippen LogP contribution is 2.26. The van der Waals surface area contributed by atoms with Crippen molar-refractivity contribution >= 4 is 41.7 Å². The Morgan fingerprint density at radius 2 is 1.69 bits per heavy atom. The lowest BCUT2D eigenvalue weighted by molar-refractivity contribution is -0.160. The molecule has 16 heteroatoms. The maximum absolute atomic E-state index is 12.9. The fourth-order valence-electron chi connectivity index (χ4n) is 3.62. The maximum atomic E-state index is 12.9. The van der Waals surface area contributed by atoms with E-state index in [1.807, 2.05) is 0 Å². The molecular weight excluding hydrogens is 484 g/mol. The third-order valence-electron chi connectivity index (χ3n) is 5.42. The Morgan fingerprint density at radius 3 is 2.28 bits per heavy atom. The van der Waals surface area contributed by atoms with Crippen LogP contribution < -0.4 is 10.6 Å². The van der Waals surface area contributed by atoms with Crippen molar-refractivity contribution in [1.29, 1.82) is 0 Å². The molecular formula is C20H28N6O10. The zero-order chi connectivity index (χ0) is 27.3. The predicted octanol–water partition coefficient (Wildman–Crippen LogP) is 0.467. The van der Waals surface area contributed by atoms with Gasteiger partial charge < -0.3 is 20.6 Å². The molecule has 0 spiro atoms. The van der Waals surface area contributed by atoms with Gasteiger partial charge in [0.25, 0.3) is 0 Å². The number of aliphatic carboxylic acids is 3. The first-order valence-electron chi connectivity index (χ1n) is 11.1. The molecule has 1 fully saturated rings. The standard InChI is InChI=1S/C20H28N6O10/c21-25-23-10-4-2-6-13(27)22-9-3-1-5-12(19(34)35)26-17(31)15(16(30)24-20(26)36)11(18(32)33)7-8-14(28)29/h11-12,15H,1-10H2,(H,22,27)(H,28,29)(H,32,33)(H,34,35)(H,24,30,36)/t11-,12-,15?/m0/s1. The number of urea groups is 1. The summed E-state index contributed by atoms with van der Waals surface area (Å²) in [5.74, 6) is -11.1. The number of nitrogens with one attached hydrogen (secondary N) is 2. The van der Waals surface area contributed by atoms with Crippen LogP contribution in [0.2, 0.25) is 0 Å². The molecule has 36 heavy (non-hydrogen) atoms. The molecule has 0 radical (unpaired) electrons. The number of carbonyl (C=O) groups is 7. The van der Waals surface area contributed by atoms with Gasteiger partial charge in [0.2, 0.25) is 17.7 Å². The van der Waals surface area contributed by atoms with Crippen molar-refractivity contribution in [2.75, 3.05) is 13.1 Å². The first-order valence-corrected chi connectivity index (χ1v) is 11.1. The highest BCUT2D eigenvalue weighted by molar-refractivity contribution is 6.18. The summed E-state index contributed by atoms with van der Waals surface area (Å²) in [6, 6.07) is -3.02. The fraction of sp³-hybridized carbons (Fsp3) is 0.650. The Bertz CT molecular complexity index is 932. The topological polar surface area (TPSA) is 256 Å². The van der Waals surface area contributed by atoms with Crippen molar-refractivity contribution in [3.05, 3.63) is 10.4 Å². The molecule has 5 N–H and O–H groups in total. The maximum Gasteiger partial charge on any atom is 0.331 e. The Labute approximate surface area is 204 Å². The first-order chi connectivity index (χ1) is 17.0. The van der Waals surface area contributed by atoms with Gasteiger partial charge >= 0.3 is 23.9 Å². The molecule has 3 atom stereocenters. The molecule has 0 saturated carbocycles. The summed E-state index contributed by atoms with van der Waals surface area (Å²) >= 11 is 0. The lowest BCUT2D eigenvalue weighted by Gasteiger charge is -2.35. The van der Waals surface area contributed by atoms with Gasteiger partial charge in [0, 0.05) is 30.8 Å². The smallest absolute Gasteiger partial charge is 0.331 e. The van der Waals surface area contributed by atoms with Crippen LogP contribution in [0.3, 0.4) is 0 Å². The Hall–Kier alpha value is -4.20. The second-order valence-corrected chi connectivity index (χ2v) is 7.97. The van der Waals surface area contributed by atoms with E-state index in [1.54, 1.807) is 5.32 Å². The summed E-state index contributed by atoms with van der Waals surface area (Å²) in [5, 5.41) is 35.6. The molecule has 1 aliphatic heterocycles. The van der Waals surface area contributed by atoms with Crippen molar-refractivity contribution in [2.45, 2.75) is 57.4 Å². The van der Waals surface area contributed by atoms with Crippen LogP contribution in [0.25, 0.3) is 10.4 Å². The normalized spacial score (nSPS) is 16.9. The average molecular weight is 512 g/mol. The van der Waals surface area contributed by atoms with E-state index in [4.69, 9.17) is 10.6 Å². The van der Waals surface area contributed by atoms with Crippen LogP contribution in [0.1, 0.15) is 51.4 Å². The molecule has 16 nitrogen and oxygen atoms in total. The summed E-state index contributed by atoms with van der Waals surface area (Å²) in [6.45, 7) is 0.474. The van der Waals surface area contributed by atoms with E-state index >= 15 is 0 Å². The monoisotopic (exact) mass is 512 g/mol. The van der Waals surface area contributed by atoms with Crippen molar-refractivity contribution in [1.82, 2.24) is 15.5 Å². The molecule has 0 aliphatic carbocycles. The number of carboxylic acid groups (broad SMARTS) is 3. The van der Waals surface area contributed by atoms with Crippen LogP contribution in [0.15, 0.2) is 5.11 Å². The minimum Gasteiger partial charge on any atom is -0.481 e. The summed E-state index contributed by atoms with van der Waals surface area (Å²) in [7, 11) is 0. The first kappa shape index (κ1) is 29.8. The predicted molar refractivity (Wildman–Crippen MR) is 118 cm³/mol. The largest absolute Gasteiger partial charge is 0.481 e. The number of hydrogen-bond donors (Lipinski definition) is 5. The Morgan fingerprint density at radius 1 is 1.00 bits per heavy atom. The highest BCUT2D eigenvalue weighted by Gasteiger charge is 2.50. The number of rotatable bonds is 17. The van der Waals surface area contributed by atoms with E-state index in [9.17, 15) is 43.8 Å². The van der Waals surface area contributed by atoms with Crippen LogP contribution >= 0.6 is 0 Å². The van der Waals surface area contributed by atoms with Gasteiger partial charge in [0.1, 0.15) is 12.0 Å². The van der Waals surface area contributed by atoms with Crippen LogP contribution in [-0.2, 0) is 28.8 Å². The van der Waals surface area contributed by atoms with E-state index in [1.165, 1.54) is 0 Å². The van der Waals surface area contributed by atoms with Gasteiger partial charge in [-0.25, -0.2) is 14.5 Å². The number of imide groups is 2. The van der Waals surface area contributed by atoms with Crippen molar-refractivity contribution < 1.29 is 48.9 Å². The zero-order valence-electron chi connectivity index (χ0n) is 19.3. The number of nitrogens with zero attached hydrogens (tertiary/aromatic N) is 4. The van der Waals surface area contributed by atoms with Crippen molar-refractivity contribution in [3.63, 3.8) is 0 Å². The number of carboxylic acids is 3. The second-order valence-electron chi connectivity index (χ2n) is 7.97. The molecule has 1 unspecified atom stereocenters. The Kier molecular flexibility index (Phi) is 12.4. The summed E-state index contributed by atoms with van der Waals surface area (Å²) < 4.78 is 0. The second kappa shape index (κ2) is 14.9. The molecule has 0 bridgehead atoms. The minimum absolute atomic E-state index is 0.158. The SMILES string of the molecule is [N-]=[N+]=NCCCCC(=O)NCCCC[C@@H](C(=O)O)N1C(=O)NC(=O)C([C@H](CCC(=O)O)C(=O)O)C1=O. The van der Waals surface area contributed by atoms with E-state index in [0.29, 0.717) is 19.3 Å². The van der Waals surface area contributed by atoms with Crippen LogP contribution in [0.4, 0.5) is 4.79 Å². The average Bonchev–Trinajstić information content (AvgIpc) is 2.78. The molecule has 5 amide bonds. The third kappa shape index (κ3) is 9.21. The summed E-state index contributed by atoms with van der Waals surface area (Å²) in [5.41, 5.74) is 8.18. The molecule has 0 aromatic carbocycles. The molecule has 1 rings (SSSR count). The molecule has 0 aromatic heterocycles. The van der Waals surface area contributed by atoms with Gasteiger partial charge in [-0.05, 0) is 44.1 Å². The van der Waals surface area contributed by atoms with Crippen molar-refractivity contribution in [3.8, 4) is 0 Å². The van der Waals surface area contributed by atoms with E-state index in [2.05, 4.69) is 15.3 Å². The van der Waals surface area contributed by atoms with Gasteiger partial charge in [0.15, 0.2) is 0 Å². The molecule has 198 valence electrons.